The number of halogens is 4. The highest BCUT2D eigenvalue weighted by atomic mass is 32.1. The van der Waals surface area contributed by atoms with Crippen LogP contribution in [-0.2, 0) is 12.6 Å². The fraction of sp³-hybridized carbons (Fsp3) is 0.357. The Kier molecular flexibility index (Phi) is 4.34. The summed E-state index contributed by atoms with van der Waals surface area (Å²) >= 11 is 1.39. The monoisotopic (exact) mass is 318 g/mol. The van der Waals surface area contributed by atoms with Gasteiger partial charge in [-0.3, -0.25) is 0 Å². The van der Waals surface area contributed by atoms with Crippen LogP contribution in [0.2, 0.25) is 0 Å². The first kappa shape index (κ1) is 15.9. The molecule has 2 nitrogen and oxygen atoms in total. The van der Waals surface area contributed by atoms with Crippen LogP contribution in [0, 0.1) is 19.7 Å². The highest BCUT2D eigenvalue weighted by molar-refractivity contribution is 7.11. The smallest absolute Gasteiger partial charge is 0.324 e. The van der Waals surface area contributed by atoms with Crippen LogP contribution in [0.15, 0.2) is 18.2 Å². The lowest BCUT2D eigenvalue weighted by molar-refractivity contribution is -0.138. The summed E-state index contributed by atoms with van der Waals surface area (Å²) in [6, 6.07) is 1.41. The Morgan fingerprint density at radius 3 is 2.48 bits per heavy atom. The van der Waals surface area contributed by atoms with Crippen molar-refractivity contribution >= 4 is 11.3 Å². The molecule has 0 amide bonds. The zero-order valence-electron chi connectivity index (χ0n) is 11.5. The second-order valence-electron chi connectivity index (χ2n) is 4.79. The number of thiazole rings is 1. The summed E-state index contributed by atoms with van der Waals surface area (Å²) in [5.74, 6) is -0.736. The van der Waals surface area contributed by atoms with Gasteiger partial charge >= 0.3 is 6.18 Å². The van der Waals surface area contributed by atoms with E-state index in [1.54, 1.807) is 0 Å². The van der Waals surface area contributed by atoms with Crippen molar-refractivity contribution in [2.45, 2.75) is 32.5 Å². The Hall–Kier alpha value is -1.47. The van der Waals surface area contributed by atoms with Gasteiger partial charge in [0.15, 0.2) is 0 Å². The van der Waals surface area contributed by atoms with Crippen molar-refractivity contribution < 1.29 is 17.6 Å². The second-order valence-corrected chi connectivity index (χ2v) is 6.08. The molecule has 1 heterocycles. The molecular formula is C14H14F4N2S. The Bertz CT molecular complexity index is 629. The van der Waals surface area contributed by atoms with Crippen molar-refractivity contribution in [3.63, 3.8) is 0 Å². The van der Waals surface area contributed by atoms with Gasteiger partial charge in [0.2, 0.25) is 0 Å². The van der Waals surface area contributed by atoms with Crippen LogP contribution in [0.1, 0.15) is 32.7 Å². The molecule has 7 heteroatoms. The number of hydrogen-bond donors (Lipinski definition) is 1. The molecule has 1 atom stereocenters. The van der Waals surface area contributed by atoms with Gasteiger partial charge in [0, 0.05) is 17.3 Å². The molecule has 2 N–H and O–H groups in total. The number of hydrogen-bond acceptors (Lipinski definition) is 3. The van der Waals surface area contributed by atoms with Crippen LogP contribution in [0.3, 0.4) is 0 Å². The summed E-state index contributed by atoms with van der Waals surface area (Å²) in [6.45, 7) is 3.70. The van der Waals surface area contributed by atoms with Crippen molar-refractivity contribution in [3.8, 4) is 0 Å². The molecule has 0 bridgehead atoms. The number of aromatic nitrogens is 1. The standard InChI is InChI=1S/C14H14F4N2S/c1-7-8(2)21-13(20-7)6-12(19)10-5-9(15)3-4-11(10)14(16,17)18/h3-5,12H,6,19H2,1-2H3. The molecule has 0 radical (unpaired) electrons. The minimum atomic E-state index is -4.56. The Morgan fingerprint density at radius 1 is 1.29 bits per heavy atom. The topological polar surface area (TPSA) is 38.9 Å². The van der Waals surface area contributed by atoms with E-state index in [9.17, 15) is 17.6 Å². The van der Waals surface area contributed by atoms with Gasteiger partial charge in [-0.1, -0.05) is 0 Å². The first-order chi connectivity index (χ1) is 9.68. The zero-order valence-corrected chi connectivity index (χ0v) is 12.3. The highest BCUT2D eigenvalue weighted by Gasteiger charge is 2.35. The van der Waals surface area contributed by atoms with Gasteiger partial charge in [0.25, 0.3) is 0 Å². The molecule has 1 aromatic carbocycles. The molecular weight excluding hydrogens is 304 g/mol. The predicted molar refractivity (Wildman–Crippen MR) is 73.6 cm³/mol. The average molecular weight is 318 g/mol. The van der Waals surface area contributed by atoms with Gasteiger partial charge in [-0.2, -0.15) is 13.2 Å². The molecule has 2 aromatic rings. The van der Waals surface area contributed by atoms with Crippen LogP contribution in [0.4, 0.5) is 17.6 Å². The summed E-state index contributed by atoms with van der Waals surface area (Å²) in [5.41, 5.74) is 5.54. The lowest BCUT2D eigenvalue weighted by atomic mass is 9.98. The third kappa shape index (κ3) is 3.59. The Labute approximate surface area is 123 Å². The first-order valence-electron chi connectivity index (χ1n) is 6.23. The molecule has 114 valence electrons. The van der Waals surface area contributed by atoms with E-state index in [1.165, 1.54) is 11.3 Å². The van der Waals surface area contributed by atoms with Gasteiger partial charge in [-0.25, -0.2) is 9.37 Å². The van der Waals surface area contributed by atoms with Crippen molar-refractivity contribution in [3.05, 3.63) is 50.7 Å². The van der Waals surface area contributed by atoms with E-state index in [1.807, 2.05) is 13.8 Å². The summed E-state index contributed by atoms with van der Waals surface area (Å²) in [6.07, 6.45) is -4.42. The Morgan fingerprint density at radius 2 is 1.95 bits per heavy atom. The fourth-order valence-corrected chi connectivity index (χ4v) is 3.02. The maximum Gasteiger partial charge on any atom is 0.416 e. The minimum Gasteiger partial charge on any atom is -0.324 e. The van der Waals surface area contributed by atoms with Crippen LogP contribution in [-0.4, -0.2) is 4.98 Å². The summed E-state index contributed by atoms with van der Waals surface area (Å²) < 4.78 is 52.1. The van der Waals surface area contributed by atoms with E-state index >= 15 is 0 Å². The number of rotatable bonds is 3. The lowest BCUT2D eigenvalue weighted by Gasteiger charge is -2.17. The maximum atomic E-state index is 13.3. The quantitative estimate of drug-likeness (QED) is 0.863. The molecule has 0 spiro atoms. The molecule has 0 aliphatic heterocycles. The number of aryl methyl sites for hydroxylation is 2. The lowest BCUT2D eigenvalue weighted by Crippen LogP contribution is -2.19. The van der Waals surface area contributed by atoms with E-state index < -0.39 is 23.6 Å². The number of nitrogens with two attached hydrogens (primary N) is 1. The van der Waals surface area contributed by atoms with E-state index in [-0.39, 0.29) is 12.0 Å². The number of benzene rings is 1. The largest absolute Gasteiger partial charge is 0.416 e. The van der Waals surface area contributed by atoms with Crippen LogP contribution >= 0.6 is 11.3 Å². The molecule has 0 aliphatic rings. The molecule has 2 rings (SSSR count). The van der Waals surface area contributed by atoms with E-state index in [4.69, 9.17) is 5.73 Å². The average Bonchev–Trinajstić information content (AvgIpc) is 2.66. The van der Waals surface area contributed by atoms with Crippen LogP contribution in [0.25, 0.3) is 0 Å². The normalized spacial score (nSPS) is 13.5. The maximum absolute atomic E-state index is 13.3. The zero-order chi connectivity index (χ0) is 15.8. The minimum absolute atomic E-state index is 0.145. The van der Waals surface area contributed by atoms with Crippen LogP contribution < -0.4 is 5.73 Å². The summed E-state index contributed by atoms with van der Waals surface area (Å²) in [5, 5.41) is 0.648. The van der Waals surface area contributed by atoms with Crippen molar-refractivity contribution in [2.75, 3.05) is 0 Å². The van der Waals surface area contributed by atoms with Gasteiger partial charge in [-0.15, -0.1) is 11.3 Å². The predicted octanol–water partition coefficient (Wildman–Crippen LogP) is 4.16. The number of nitrogens with zero attached hydrogens (tertiary/aromatic N) is 1. The van der Waals surface area contributed by atoms with E-state index in [0.717, 1.165) is 28.8 Å². The molecule has 0 aliphatic carbocycles. The van der Waals surface area contributed by atoms with Crippen molar-refractivity contribution in [1.82, 2.24) is 4.98 Å². The van der Waals surface area contributed by atoms with Gasteiger partial charge < -0.3 is 5.73 Å². The van der Waals surface area contributed by atoms with Gasteiger partial charge in [-0.05, 0) is 37.6 Å². The SMILES string of the molecule is Cc1nc(CC(N)c2cc(F)ccc2C(F)(F)F)sc1C. The number of alkyl halides is 3. The summed E-state index contributed by atoms with van der Waals surface area (Å²) in [4.78, 5) is 5.25. The first-order valence-corrected chi connectivity index (χ1v) is 7.05. The molecule has 21 heavy (non-hydrogen) atoms. The molecule has 1 unspecified atom stereocenters. The van der Waals surface area contributed by atoms with Gasteiger partial charge in [0.1, 0.15) is 5.82 Å². The van der Waals surface area contributed by atoms with Crippen molar-refractivity contribution in [1.29, 1.82) is 0 Å². The van der Waals surface area contributed by atoms with E-state index in [0.29, 0.717) is 5.01 Å². The van der Waals surface area contributed by atoms with Crippen LogP contribution in [0.5, 0.6) is 0 Å². The second kappa shape index (κ2) is 5.73. The molecule has 0 fully saturated rings. The molecule has 1 aromatic heterocycles. The third-order valence-corrected chi connectivity index (χ3v) is 4.28. The summed E-state index contributed by atoms with van der Waals surface area (Å²) in [7, 11) is 0. The van der Waals surface area contributed by atoms with Gasteiger partial charge in [0.05, 0.1) is 16.3 Å². The highest BCUT2D eigenvalue weighted by Crippen LogP contribution is 2.35. The van der Waals surface area contributed by atoms with Crippen molar-refractivity contribution in [2.24, 2.45) is 5.73 Å². The third-order valence-electron chi connectivity index (χ3n) is 3.19. The Balaban J connectivity index is 2.34. The molecule has 0 saturated heterocycles. The molecule has 0 saturated carbocycles. The fourth-order valence-electron chi connectivity index (χ4n) is 2.02. The van der Waals surface area contributed by atoms with E-state index in [2.05, 4.69) is 4.98 Å².